The summed E-state index contributed by atoms with van der Waals surface area (Å²) >= 11 is 0. The number of hydrogen-bond donors (Lipinski definition) is 0. The topological polar surface area (TPSA) is 18.5 Å². The van der Waals surface area contributed by atoms with E-state index in [0.29, 0.717) is 0 Å². The van der Waals surface area contributed by atoms with Crippen molar-refractivity contribution < 1.29 is 9.78 Å². The maximum atomic E-state index is 5.32. The molecule has 0 aromatic carbocycles. The Morgan fingerprint density at radius 2 is 1.69 bits per heavy atom. The van der Waals surface area contributed by atoms with Crippen molar-refractivity contribution in [2.75, 3.05) is 6.61 Å². The first-order valence-corrected chi connectivity index (χ1v) is 5.43. The molecule has 0 N–H and O–H groups in total. The lowest BCUT2D eigenvalue weighted by atomic mass is 10.0. The Morgan fingerprint density at radius 1 is 1.00 bits per heavy atom. The molecule has 0 bridgehead atoms. The lowest BCUT2D eigenvalue weighted by Gasteiger charge is -2.22. The van der Waals surface area contributed by atoms with Gasteiger partial charge in [-0.2, -0.15) is 0 Å². The van der Waals surface area contributed by atoms with Crippen LogP contribution in [0.2, 0.25) is 0 Å². The van der Waals surface area contributed by atoms with Crippen LogP contribution in [0.15, 0.2) is 0 Å². The summed E-state index contributed by atoms with van der Waals surface area (Å²) in [4.78, 5) is 10.5. The van der Waals surface area contributed by atoms with E-state index >= 15 is 0 Å². The van der Waals surface area contributed by atoms with Gasteiger partial charge in [0.25, 0.3) is 0 Å². The Hall–Kier alpha value is -0.0800. The Kier molecular flexibility index (Phi) is 7.29. The van der Waals surface area contributed by atoms with E-state index < -0.39 is 0 Å². The quantitative estimate of drug-likeness (QED) is 0.328. The fourth-order valence-electron chi connectivity index (χ4n) is 1.26. The second-order valence-corrected chi connectivity index (χ2v) is 4.12. The summed E-state index contributed by atoms with van der Waals surface area (Å²) < 4.78 is 0. The minimum atomic E-state index is -0.124. The largest absolute Gasteiger partial charge is 0.236 e. The highest BCUT2D eigenvalue weighted by Crippen LogP contribution is 2.16. The van der Waals surface area contributed by atoms with E-state index in [1.54, 1.807) is 0 Å². The normalized spacial score (nSPS) is 12.0. The third-order valence-electron chi connectivity index (χ3n) is 1.97. The molecule has 0 heterocycles. The van der Waals surface area contributed by atoms with Crippen molar-refractivity contribution in [3.05, 3.63) is 0 Å². The Balaban J connectivity index is 3.29. The van der Waals surface area contributed by atoms with E-state index in [0.717, 1.165) is 25.9 Å². The second kappa shape index (κ2) is 7.34. The van der Waals surface area contributed by atoms with Crippen LogP contribution in [0.1, 0.15) is 59.8 Å². The maximum absolute atomic E-state index is 5.32. The molecule has 0 saturated carbocycles. The molecule has 0 spiro atoms. The molecule has 0 atom stereocenters. The van der Waals surface area contributed by atoms with Crippen LogP contribution in [0.3, 0.4) is 0 Å². The lowest BCUT2D eigenvalue weighted by Crippen LogP contribution is -2.24. The molecule has 0 unspecified atom stereocenters. The van der Waals surface area contributed by atoms with E-state index in [2.05, 4.69) is 27.7 Å². The van der Waals surface area contributed by atoms with Crippen LogP contribution < -0.4 is 0 Å². The van der Waals surface area contributed by atoms with Crippen LogP contribution in [0.5, 0.6) is 0 Å². The summed E-state index contributed by atoms with van der Waals surface area (Å²) in [7, 11) is 0. The molecule has 13 heavy (non-hydrogen) atoms. The average Bonchev–Trinajstić information content (AvgIpc) is 2.04. The van der Waals surface area contributed by atoms with E-state index in [9.17, 15) is 0 Å². The SMILES string of the molecule is CCCCCOOC(C)(C)CCC. The lowest BCUT2D eigenvalue weighted by molar-refractivity contribution is -0.354. The van der Waals surface area contributed by atoms with Crippen LogP contribution in [0.4, 0.5) is 0 Å². The van der Waals surface area contributed by atoms with Gasteiger partial charge >= 0.3 is 0 Å². The van der Waals surface area contributed by atoms with Crippen LogP contribution in [-0.2, 0) is 9.78 Å². The van der Waals surface area contributed by atoms with Gasteiger partial charge in [0, 0.05) is 0 Å². The fraction of sp³-hybridized carbons (Fsp3) is 1.00. The first kappa shape index (κ1) is 12.9. The van der Waals surface area contributed by atoms with E-state index in [1.165, 1.54) is 12.8 Å². The monoisotopic (exact) mass is 188 g/mol. The molecule has 2 nitrogen and oxygen atoms in total. The molecule has 0 aliphatic rings. The number of unbranched alkanes of at least 4 members (excludes halogenated alkanes) is 2. The van der Waals surface area contributed by atoms with Gasteiger partial charge in [-0.05, 0) is 26.7 Å². The molecule has 0 radical (unpaired) electrons. The minimum Gasteiger partial charge on any atom is -0.236 e. The van der Waals surface area contributed by atoms with Gasteiger partial charge in [0.05, 0.1) is 12.2 Å². The van der Waals surface area contributed by atoms with Gasteiger partial charge in [-0.3, -0.25) is 0 Å². The molecular formula is C11H24O2. The Bertz CT molecular complexity index is 111. The maximum Gasteiger partial charge on any atom is 0.0980 e. The van der Waals surface area contributed by atoms with E-state index in [1.807, 2.05) is 0 Å². The predicted molar refractivity (Wildman–Crippen MR) is 55.5 cm³/mol. The smallest absolute Gasteiger partial charge is 0.0980 e. The average molecular weight is 188 g/mol. The molecule has 2 heteroatoms. The van der Waals surface area contributed by atoms with Gasteiger partial charge in [-0.1, -0.05) is 33.1 Å². The van der Waals surface area contributed by atoms with Crippen LogP contribution in [-0.4, -0.2) is 12.2 Å². The van der Waals surface area contributed by atoms with Crippen molar-refractivity contribution in [3.8, 4) is 0 Å². The van der Waals surface area contributed by atoms with Gasteiger partial charge in [-0.15, -0.1) is 0 Å². The van der Waals surface area contributed by atoms with Crippen LogP contribution in [0.25, 0.3) is 0 Å². The molecule has 0 saturated heterocycles. The van der Waals surface area contributed by atoms with Gasteiger partial charge in [0.1, 0.15) is 0 Å². The Labute approximate surface area is 82.5 Å². The highest BCUT2D eigenvalue weighted by Gasteiger charge is 2.17. The molecule has 0 aromatic rings. The van der Waals surface area contributed by atoms with Crippen LogP contribution in [0, 0.1) is 0 Å². The highest BCUT2D eigenvalue weighted by atomic mass is 17.2. The van der Waals surface area contributed by atoms with Gasteiger partial charge in [-0.25, -0.2) is 9.78 Å². The third kappa shape index (κ3) is 8.26. The molecule has 0 aliphatic carbocycles. The highest BCUT2D eigenvalue weighted by molar-refractivity contribution is 4.64. The molecular weight excluding hydrogens is 164 g/mol. The standard InChI is InChI=1S/C11H24O2/c1-5-7-8-10-12-13-11(3,4)9-6-2/h5-10H2,1-4H3. The van der Waals surface area contributed by atoms with Gasteiger partial charge in [0.15, 0.2) is 0 Å². The van der Waals surface area contributed by atoms with Crippen molar-refractivity contribution >= 4 is 0 Å². The Morgan fingerprint density at radius 3 is 2.23 bits per heavy atom. The molecule has 80 valence electrons. The summed E-state index contributed by atoms with van der Waals surface area (Å²) in [5.74, 6) is 0. The van der Waals surface area contributed by atoms with Gasteiger partial charge < -0.3 is 0 Å². The summed E-state index contributed by atoms with van der Waals surface area (Å²) in [6.07, 6.45) is 5.71. The minimum absolute atomic E-state index is 0.124. The van der Waals surface area contributed by atoms with Crippen molar-refractivity contribution in [2.45, 2.75) is 65.4 Å². The first-order valence-electron chi connectivity index (χ1n) is 5.43. The second-order valence-electron chi connectivity index (χ2n) is 4.12. The fourth-order valence-corrected chi connectivity index (χ4v) is 1.26. The molecule has 0 amide bonds. The number of rotatable bonds is 8. The van der Waals surface area contributed by atoms with Gasteiger partial charge in [0.2, 0.25) is 0 Å². The number of hydrogen-bond acceptors (Lipinski definition) is 2. The summed E-state index contributed by atoms with van der Waals surface area (Å²) in [6.45, 7) is 9.19. The zero-order valence-corrected chi connectivity index (χ0v) is 9.56. The van der Waals surface area contributed by atoms with E-state index in [-0.39, 0.29) is 5.60 Å². The molecule has 0 rings (SSSR count). The third-order valence-corrected chi connectivity index (χ3v) is 1.97. The van der Waals surface area contributed by atoms with E-state index in [4.69, 9.17) is 9.78 Å². The van der Waals surface area contributed by atoms with Crippen molar-refractivity contribution in [1.82, 2.24) is 0 Å². The first-order chi connectivity index (χ1) is 6.12. The predicted octanol–water partition coefficient (Wildman–Crippen LogP) is 3.70. The summed E-state index contributed by atoms with van der Waals surface area (Å²) in [6, 6.07) is 0. The zero-order chi connectivity index (χ0) is 10.2. The summed E-state index contributed by atoms with van der Waals surface area (Å²) in [5, 5.41) is 0. The molecule has 0 aliphatic heterocycles. The molecule has 0 fully saturated rings. The van der Waals surface area contributed by atoms with Crippen LogP contribution >= 0.6 is 0 Å². The van der Waals surface area contributed by atoms with Crippen molar-refractivity contribution in [2.24, 2.45) is 0 Å². The summed E-state index contributed by atoms with van der Waals surface area (Å²) in [5.41, 5.74) is -0.124. The zero-order valence-electron chi connectivity index (χ0n) is 9.56. The van der Waals surface area contributed by atoms with Crippen molar-refractivity contribution in [3.63, 3.8) is 0 Å². The van der Waals surface area contributed by atoms with Crippen molar-refractivity contribution in [1.29, 1.82) is 0 Å². The molecule has 0 aromatic heterocycles.